The molecule has 1 aromatic carbocycles. The Labute approximate surface area is 130 Å². The smallest absolute Gasteiger partial charge is 0.129 e. The lowest BCUT2D eigenvalue weighted by molar-refractivity contribution is 0.00442. The van der Waals surface area contributed by atoms with Crippen LogP contribution in [0, 0.1) is 5.82 Å². The average molecular weight is 300 g/mol. The molecular weight excluding hydrogens is 279 g/mol. The van der Waals surface area contributed by atoms with E-state index in [0.29, 0.717) is 5.56 Å². The number of rotatable bonds is 6. The van der Waals surface area contributed by atoms with Crippen LogP contribution in [-0.2, 0) is 6.42 Å². The maximum atomic E-state index is 13.9. The molecule has 1 aliphatic rings. The predicted octanol–water partition coefficient (Wildman–Crippen LogP) is 3.01. The standard InChI is InChI=1S/C18H21FN2O/c19-16-8-2-1-7-15(16)17(22)18(10-12-21-18)9-3-5-14-6-4-11-20-13-14/h1-2,4,6-8,11,13,17,21-22H,3,5,9-10,12H2. The minimum Gasteiger partial charge on any atom is -0.386 e. The van der Waals surface area contributed by atoms with Crippen molar-refractivity contribution >= 4 is 0 Å². The summed E-state index contributed by atoms with van der Waals surface area (Å²) < 4.78 is 13.9. The van der Waals surface area contributed by atoms with Crippen molar-refractivity contribution < 1.29 is 9.50 Å². The Hall–Kier alpha value is -1.78. The molecule has 4 heteroatoms. The summed E-state index contributed by atoms with van der Waals surface area (Å²) in [5.41, 5.74) is 1.18. The number of hydrogen-bond acceptors (Lipinski definition) is 3. The summed E-state index contributed by atoms with van der Waals surface area (Å²) in [6.45, 7) is 0.873. The summed E-state index contributed by atoms with van der Waals surface area (Å²) in [5, 5.41) is 14.0. The molecule has 2 N–H and O–H groups in total. The van der Waals surface area contributed by atoms with Gasteiger partial charge in [0, 0.05) is 23.5 Å². The Balaban J connectivity index is 1.66. The molecule has 2 heterocycles. The lowest BCUT2D eigenvalue weighted by atomic mass is 9.75. The van der Waals surface area contributed by atoms with Crippen LogP contribution in [-0.4, -0.2) is 22.2 Å². The van der Waals surface area contributed by atoms with Crippen molar-refractivity contribution in [2.75, 3.05) is 6.54 Å². The minimum atomic E-state index is -0.809. The molecule has 2 unspecified atom stereocenters. The van der Waals surface area contributed by atoms with Crippen molar-refractivity contribution in [2.24, 2.45) is 0 Å². The third-order valence-electron chi connectivity index (χ3n) is 4.58. The van der Waals surface area contributed by atoms with Crippen LogP contribution in [0.4, 0.5) is 4.39 Å². The summed E-state index contributed by atoms with van der Waals surface area (Å²) >= 11 is 0. The second-order valence-corrected chi connectivity index (χ2v) is 5.97. The van der Waals surface area contributed by atoms with E-state index in [1.165, 1.54) is 11.6 Å². The van der Waals surface area contributed by atoms with Gasteiger partial charge in [-0.05, 0) is 49.9 Å². The SMILES string of the molecule is OC(c1ccccc1F)C1(CCCc2cccnc2)CCN1. The van der Waals surface area contributed by atoms with E-state index in [1.54, 1.807) is 24.4 Å². The molecule has 0 aliphatic carbocycles. The van der Waals surface area contributed by atoms with Crippen LogP contribution in [0.15, 0.2) is 48.8 Å². The van der Waals surface area contributed by atoms with Crippen LogP contribution in [0.3, 0.4) is 0 Å². The largest absolute Gasteiger partial charge is 0.386 e. The second-order valence-electron chi connectivity index (χ2n) is 5.97. The van der Waals surface area contributed by atoms with Gasteiger partial charge in [0.05, 0.1) is 6.10 Å². The first-order valence-electron chi connectivity index (χ1n) is 7.78. The molecule has 116 valence electrons. The first-order chi connectivity index (χ1) is 10.7. The van der Waals surface area contributed by atoms with Gasteiger partial charge in [-0.1, -0.05) is 24.3 Å². The molecule has 1 fully saturated rings. The number of nitrogens with zero attached hydrogens (tertiary/aromatic N) is 1. The molecular formula is C18H21FN2O. The van der Waals surface area contributed by atoms with Gasteiger partial charge in [-0.25, -0.2) is 4.39 Å². The van der Waals surface area contributed by atoms with Crippen LogP contribution in [0.1, 0.15) is 36.5 Å². The zero-order chi connectivity index (χ0) is 15.4. The first kappa shape index (κ1) is 15.1. The van der Waals surface area contributed by atoms with Gasteiger partial charge in [-0.15, -0.1) is 0 Å². The van der Waals surface area contributed by atoms with E-state index in [2.05, 4.69) is 16.4 Å². The number of aliphatic hydroxyl groups excluding tert-OH is 1. The lowest BCUT2D eigenvalue weighted by Gasteiger charge is -2.47. The van der Waals surface area contributed by atoms with Crippen molar-refractivity contribution in [1.29, 1.82) is 0 Å². The van der Waals surface area contributed by atoms with Gasteiger partial charge in [0.1, 0.15) is 5.82 Å². The van der Waals surface area contributed by atoms with Crippen molar-refractivity contribution in [3.63, 3.8) is 0 Å². The lowest BCUT2D eigenvalue weighted by Crippen LogP contribution is -2.60. The highest BCUT2D eigenvalue weighted by atomic mass is 19.1. The zero-order valence-corrected chi connectivity index (χ0v) is 12.5. The fourth-order valence-corrected chi connectivity index (χ4v) is 3.18. The van der Waals surface area contributed by atoms with Crippen molar-refractivity contribution in [3.8, 4) is 0 Å². The Morgan fingerprint density at radius 3 is 2.73 bits per heavy atom. The summed E-state index contributed by atoms with van der Waals surface area (Å²) in [7, 11) is 0. The number of aromatic nitrogens is 1. The number of aryl methyl sites for hydroxylation is 1. The quantitative estimate of drug-likeness (QED) is 0.862. The van der Waals surface area contributed by atoms with Crippen LogP contribution in [0.2, 0.25) is 0 Å². The second kappa shape index (κ2) is 6.55. The Kier molecular flexibility index (Phi) is 4.50. The van der Waals surface area contributed by atoms with E-state index in [4.69, 9.17) is 0 Å². The highest BCUT2D eigenvalue weighted by Crippen LogP contribution is 2.38. The molecule has 3 nitrogen and oxygen atoms in total. The number of aliphatic hydroxyl groups is 1. The zero-order valence-electron chi connectivity index (χ0n) is 12.5. The van der Waals surface area contributed by atoms with E-state index in [9.17, 15) is 9.50 Å². The van der Waals surface area contributed by atoms with Gasteiger partial charge < -0.3 is 10.4 Å². The normalized spacial score (nSPS) is 22.1. The fraction of sp³-hybridized carbons (Fsp3) is 0.389. The maximum absolute atomic E-state index is 13.9. The molecule has 0 saturated carbocycles. The molecule has 1 aromatic heterocycles. The van der Waals surface area contributed by atoms with Crippen LogP contribution >= 0.6 is 0 Å². The van der Waals surface area contributed by atoms with Gasteiger partial charge >= 0.3 is 0 Å². The van der Waals surface area contributed by atoms with Crippen LogP contribution < -0.4 is 5.32 Å². The molecule has 2 aromatic rings. The van der Waals surface area contributed by atoms with Gasteiger partial charge in [-0.3, -0.25) is 4.98 Å². The van der Waals surface area contributed by atoms with Crippen molar-refractivity contribution in [3.05, 3.63) is 65.7 Å². The highest BCUT2D eigenvalue weighted by Gasteiger charge is 2.43. The molecule has 3 rings (SSSR count). The molecule has 0 amide bonds. The van der Waals surface area contributed by atoms with Gasteiger partial charge in [0.2, 0.25) is 0 Å². The van der Waals surface area contributed by atoms with Crippen molar-refractivity contribution in [1.82, 2.24) is 10.3 Å². The summed E-state index contributed by atoms with van der Waals surface area (Å²) in [5.74, 6) is -0.338. The first-order valence-corrected chi connectivity index (χ1v) is 7.78. The fourth-order valence-electron chi connectivity index (χ4n) is 3.18. The monoisotopic (exact) mass is 300 g/mol. The Morgan fingerprint density at radius 2 is 2.09 bits per heavy atom. The number of hydrogen-bond donors (Lipinski definition) is 2. The molecule has 2 atom stereocenters. The van der Waals surface area contributed by atoms with E-state index in [-0.39, 0.29) is 5.82 Å². The summed E-state index contributed by atoms with van der Waals surface area (Å²) in [6, 6.07) is 10.5. The van der Waals surface area contributed by atoms with E-state index in [1.807, 2.05) is 12.3 Å². The predicted molar refractivity (Wildman–Crippen MR) is 83.9 cm³/mol. The molecule has 0 radical (unpaired) electrons. The molecule has 1 saturated heterocycles. The number of pyridine rings is 1. The average Bonchev–Trinajstić information content (AvgIpc) is 2.51. The Bertz CT molecular complexity index is 613. The molecule has 22 heavy (non-hydrogen) atoms. The van der Waals surface area contributed by atoms with Crippen LogP contribution in [0.25, 0.3) is 0 Å². The number of benzene rings is 1. The third kappa shape index (κ3) is 3.03. The van der Waals surface area contributed by atoms with E-state index >= 15 is 0 Å². The molecule has 1 aliphatic heterocycles. The van der Waals surface area contributed by atoms with E-state index in [0.717, 1.165) is 32.2 Å². The summed E-state index contributed by atoms with van der Waals surface area (Å²) in [6.07, 6.45) is 6.36. The van der Waals surface area contributed by atoms with E-state index < -0.39 is 11.6 Å². The number of halogens is 1. The topological polar surface area (TPSA) is 45.2 Å². The highest BCUT2D eigenvalue weighted by molar-refractivity contribution is 5.25. The summed E-state index contributed by atoms with van der Waals surface area (Å²) in [4.78, 5) is 4.11. The molecule has 0 spiro atoms. The van der Waals surface area contributed by atoms with Gasteiger partial charge in [-0.2, -0.15) is 0 Å². The minimum absolute atomic E-state index is 0.338. The van der Waals surface area contributed by atoms with Gasteiger partial charge in [0.25, 0.3) is 0 Å². The number of nitrogens with one attached hydrogen (secondary N) is 1. The third-order valence-corrected chi connectivity index (χ3v) is 4.58. The molecule has 0 bridgehead atoms. The Morgan fingerprint density at radius 1 is 1.27 bits per heavy atom. The van der Waals surface area contributed by atoms with Gasteiger partial charge in [0.15, 0.2) is 0 Å². The van der Waals surface area contributed by atoms with Crippen molar-refractivity contribution in [2.45, 2.75) is 37.3 Å². The maximum Gasteiger partial charge on any atom is 0.129 e. The van der Waals surface area contributed by atoms with Crippen LogP contribution in [0.5, 0.6) is 0 Å².